The molecule has 0 bridgehead atoms. The minimum absolute atomic E-state index is 0.0550. The number of anilines is 1. The first-order valence-corrected chi connectivity index (χ1v) is 7.27. The molecule has 0 radical (unpaired) electrons. The van der Waals surface area contributed by atoms with Crippen molar-refractivity contribution in [1.82, 2.24) is 9.88 Å². The third-order valence-electron chi connectivity index (χ3n) is 3.41. The summed E-state index contributed by atoms with van der Waals surface area (Å²) in [4.78, 5) is 18.2. The predicted octanol–water partition coefficient (Wildman–Crippen LogP) is 2.15. The van der Waals surface area contributed by atoms with Gasteiger partial charge in [-0.15, -0.1) is 0 Å². The highest BCUT2D eigenvalue weighted by Crippen LogP contribution is 2.15. The largest absolute Gasteiger partial charge is 0.385 e. The Hall–Kier alpha value is -1.62. The molecule has 1 fully saturated rings. The molecule has 1 aromatic heterocycles. The first kappa shape index (κ1) is 14.8. The minimum atomic E-state index is -0.0550. The third kappa shape index (κ3) is 3.93. The van der Waals surface area contributed by atoms with Crippen molar-refractivity contribution in [3.05, 3.63) is 24.0 Å². The predicted molar refractivity (Wildman–Crippen MR) is 79.0 cm³/mol. The summed E-state index contributed by atoms with van der Waals surface area (Å²) in [5.41, 5.74) is 1.42. The molecule has 0 aromatic carbocycles. The number of hydrogen-bond acceptors (Lipinski definition) is 4. The van der Waals surface area contributed by atoms with Crippen molar-refractivity contribution in [1.29, 1.82) is 0 Å². The Bertz CT molecular complexity index is 444. The average molecular weight is 277 g/mol. The number of ether oxygens (including phenoxy) is 1. The van der Waals surface area contributed by atoms with Crippen molar-refractivity contribution in [2.24, 2.45) is 0 Å². The SMILES string of the molecule is CCCNc1ccnc(C(=O)N(C)CC2CCCO2)c1. The summed E-state index contributed by atoms with van der Waals surface area (Å²) in [7, 11) is 1.80. The van der Waals surface area contributed by atoms with E-state index in [4.69, 9.17) is 4.74 Å². The zero-order valence-corrected chi connectivity index (χ0v) is 12.3. The smallest absolute Gasteiger partial charge is 0.272 e. The van der Waals surface area contributed by atoms with Crippen LogP contribution in [0.4, 0.5) is 5.69 Å². The van der Waals surface area contributed by atoms with Gasteiger partial charge in [0, 0.05) is 38.6 Å². The van der Waals surface area contributed by atoms with Crippen LogP contribution in [0.3, 0.4) is 0 Å². The Morgan fingerprint density at radius 3 is 3.15 bits per heavy atom. The lowest BCUT2D eigenvalue weighted by molar-refractivity contribution is 0.0583. The fraction of sp³-hybridized carbons (Fsp3) is 0.600. The second-order valence-corrected chi connectivity index (χ2v) is 5.18. The van der Waals surface area contributed by atoms with Crippen LogP contribution in [0, 0.1) is 0 Å². The normalized spacial score (nSPS) is 18.0. The maximum absolute atomic E-state index is 12.3. The van der Waals surface area contributed by atoms with E-state index in [0.717, 1.165) is 38.1 Å². The summed E-state index contributed by atoms with van der Waals surface area (Å²) in [5, 5.41) is 3.27. The van der Waals surface area contributed by atoms with E-state index in [1.165, 1.54) is 0 Å². The molecule has 1 atom stereocenters. The molecule has 1 N–H and O–H groups in total. The number of hydrogen-bond donors (Lipinski definition) is 1. The molecule has 0 saturated carbocycles. The molecular formula is C15H23N3O2. The van der Waals surface area contributed by atoms with Crippen molar-refractivity contribution in [2.45, 2.75) is 32.3 Å². The zero-order chi connectivity index (χ0) is 14.4. The Morgan fingerprint density at radius 2 is 2.45 bits per heavy atom. The molecular weight excluding hydrogens is 254 g/mol. The van der Waals surface area contributed by atoms with Crippen molar-refractivity contribution < 1.29 is 9.53 Å². The molecule has 1 amide bonds. The summed E-state index contributed by atoms with van der Waals surface area (Å²) in [6.45, 7) is 4.44. The van der Waals surface area contributed by atoms with Crippen LogP contribution in [0.1, 0.15) is 36.7 Å². The highest BCUT2D eigenvalue weighted by molar-refractivity contribution is 5.93. The minimum Gasteiger partial charge on any atom is -0.385 e. The van der Waals surface area contributed by atoms with Crippen LogP contribution in [0.25, 0.3) is 0 Å². The maximum atomic E-state index is 12.3. The van der Waals surface area contributed by atoms with E-state index >= 15 is 0 Å². The van der Waals surface area contributed by atoms with Crippen molar-refractivity contribution in [2.75, 3.05) is 32.1 Å². The van der Waals surface area contributed by atoms with Crippen molar-refractivity contribution >= 4 is 11.6 Å². The van der Waals surface area contributed by atoms with E-state index < -0.39 is 0 Å². The van der Waals surface area contributed by atoms with Gasteiger partial charge >= 0.3 is 0 Å². The number of carbonyl (C=O) groups is 1. The monoisotopic (exact) mass is 277 g/mol. The maximum Gasteiger partial charge on any atom is 0.272 e. The van der Waals surface area contributed by atoms with E-state index in [1.807, 2.05) is 12.1 Å². The number of nitrogens with zero attached hydrogens (tertiary/aromatic N) is 2. The Balaban J connectivity index is 1.96. The molecule has 2 rings (SSSR count). The third-order valence-corrected chi connectivity index (χ3v) is 3.41. The molecule has 1 aromatic rings. The Labute approximate surface area is 120 Å². The van der Waals surface area contributed by atoms with Gasteiger partial charge in [0.2, 0.25) is 0 Å². The van der Waals surface area contributed by atoms with Gasteiger partial charge in [0.1, 0.15) is 5.69 Å². The van der Waals surface area contributed by atoms with Gasteiger partial charge in [0.15, 0.2) is 0 Å². The first-order chi connectivity index (χ1) is 9.70. The molecule has 0 spiro atoms. The Morgan fingerprint density at radius 1 is 1.60 bits per heavy atom. The molecule has 1 aliphatic rings. The fourth-order valence-electron chi connectivity index (χ4n) is 2.30. The summed E-state index contributed by atoms with van der Waals surface area (Å²) in [6, 6.07) is 3.69. The summed E-state index contributed by atoms with van der Waals surface area (Å²) in [5.74, 6) is -0.0550. The van der Waals surface area contributed by atoms with Gasteiger partial charge in [-0.3, -0.25) is 9.78 Å². The quantitative estimate of drug-likeness (QED) is 0.865. The molecule has 1 aliphatic heterocycles. The van der Waals surface area contributed by atoms with Gasteiger partial charge in [0.25, 0.3) is 5.91 Å². The van der Waals surface area contributed by atoms with Crippen LogP contribution in [0.2, 0.25) is 0 Å². The summed E-state index contributed by atoms with van der Waals surface area (Å²) >= 11 is 0. The van der Waals surface area contributed by atoms with Crippen molar-refractivity contribution in [3.63, 3.8) is 0 Å². The molecule has 110 valence electrons. The molecule has 5 heteroatoms. The standard InChI is InChI=1S/C15H23N3O2/c1-3-7-16-12-6-8-17-14(10-12)15(19)18(2)11-13-5-4-9-20-13/h6,8,10,13H,3-5,7,9,11H2,1-2H3,(H,16,17). The fourth-order valence-corrected chi connectivity index (χ4v) is 2.30. The van der Waals surface area contributed by atoms with Crippen molar-refractivity contribution in [3.8, 4) is 0 Å². The van der Waals surface area contributed by atoms with Gasteiger partial charge < -0.3 is 15.0 Å². The van der Waals surface area contributed by atoms with Crippen LogP contribution in [0.5, 0.6) is 0 Å². The highest BCUT2D eigenvalue weighted by Gasteiger charge is 2.21. The molecule has 5 nitrogen and oxygen atoms in total. The van der Waals surface area contributed by atoms with Crippen LogP contribution in [0.15, 0.2) is 18.3 Å². The highest BCUT2D eigenvalue weighted by atomic mass is 16.5. The topological polar surface area (TPSA) is 54.5 Å². The van der Waals surface area contributed by atoms with Crippen LogP contribution < -0.4 is 5.32 Å². The number of nitrogens with one attached hydrogen (secondary N) is 1. The number of pyridine rings is 1. The first-order valence-electron chi connectivity index (χ1n) is 7.27. The van der Waals surface area contributed by atoms with Gasteiger partial charge in [0.05, 0.1) is 6.10 Å². The lowest BCUT2D eigenvalue weighted by Gasteiger charge is -2.20. The molecule has 1 saturated heterocycles. The average Bonchev–Trinajstić information content (AvgIpc) is 2.97. The van der Waals surface area contributed by atoms with Crippen LogP contribution in [-0.4, -0.2) is 48.6 Å². The van der Waals surface area contributed by atoms with E-state index in [1.54, 1.807) is 18.1 Å². The lowest BCUT2D eigenvalue weighted by atomic mass is 10.2. The molecule has 0 aliphatic carbocycles. The van der Waals surface area contributed by atoms with Gasteiger partial charge in [-0.2, -0.15) is 0 Å². The molecule has 2 heterocycles. The number of carbonyl (C=O) groups excluding carboxylic acids is 1. The second-order valence-electron chi connectivity index (χ2n) is 5.18. The molecule has 20 heavy (non-hydrogen) atoms. The summed E-state index contributed by atoms with van der Waals surface area (Å²) < 4.78 is 5.56. The van der Waals surface area contributed by atoms with Crippen LogP contribution >= 0.6 is 0 Å². The number of rotatable bonds is 6. The van der Waals surface area contributed by atoms with E-state index in [-0.39, 0.29) is 12.0 Å². The van der Waals surface area contributed by atoms with E-state index in [9.17, 15) is 4.79 Å². The molecule has 1 unspecified atom stereocenters. The second kappa shape index (κ2) is 7.24. The van der Waals surface area contributed by atoms with Crippen LogP contribution in [-0.2, 0) is 4.74 Å². The number of likely N-dealkylation sites (N-methyl/N-ethyl adjacent to an activating group) is 1. The number of aromatic nitrogens is 1. The number of amides is 1. The van der Waals surface area contributed by atoms with E-state index in [2.05, 4.69) is 17.2 Å². The van der Waals surface area contributed by atoms with Gasteiger partial charge in [-0.1, -0.05) is 6.92 Å². The summed E-state index contributed by atoms with van der Waals surface area (Å²) in [6.07, 6.45) is 5.01. The van der Waals surface area contributed by atoms with E-state index in [0.29, 0.717) is 12.2 Å². The lowest BCUT2D eigenvalue weighted by Crippen LogP contribution is -2.34. The van der Waals surface area contributed by atoms with Gasteiger partial charge in [-0.25, -0.2) is 0 Å². The van der Waals surface area contributed by atoms with Gasteiger partial charge in [-0.05, 0) is 31.4 Å². The zero-order valence-electron chi connectivity index (χ0n) is 12.3. The Kier molecular flexibility index (Phi) is 5.35.